The molecule has 3 N–H and O–H groups in total. The Balaban J connectivity index is 1.60. The second-order valence-electron chi connectivity index (χ2n) is 8.41. The third-order valence-electron chi connectivity index (χ3n) is 6.48. The number of anilines is 2. The molecule has 1 aliphatic rings. The molecule has 1 aromatic carbocycles. The lowest BCUT2D eigenvalue weighted by Crippen LogP contribution is -2.15. The zero-order valence-corrected chi connectivity index (χ0v) is 21.1. The summed E-state index contributed by atoms with van der Waals surface area (Å²) in [4.78, 5) is 33.3. The number of thiophene rings is 2. The summed E-state index contributed by atoms with van der Waals surface area (Å²) in [6.07, 6.45) is 1.71. The van der Waals surface area contributed by atoms with Crippen molar-refractivity contribution >= 4 is 55.5 Å². The van der Waals surface area contributed by atoms with Crippen LogP contribution in [0.5, 0.6) is 0 Å². The fourth-order valence-electron chi connectivity index (χ4n) is 4.55. The first kappa shape index (κ1) is 22.6. The van der Waals surface area contributed by atoms with Gasteiger partial charge in [0.15, 0.2) is 0 Å². The Labute approximate surface area is 205 Å². The number of amides is 1. The van der Waals surface area contributed by atoms with Crippen LogP contribution >= 0.6 is 22.7 Å². The van der Waals surface area contributed by atoms with Crippen molar-refractivity contribution in [2.24, 2.45) is 0 Å². The number of nitrogens with two attached hydrogens (primary N) is 1. The van der Waals surface area contributed by atoms with Gasteiger partial charge in [0, 0.05) is 21.5 Å². The van der Waals surface area contributed by atoms with Gasteiger partial charge in [-0.3, -0.25) is 4.79 Å². The lowest BCUT2D eigenvalue weighted by atomic mass is 9.88. The van der Waals surface area contributed by atoms with E-state index in [0.717, 1.165) is 55.9 Å². The van der Waals surface area contributed by atoms with Gasteiger partial charge in [0.1, 0.15) is 20.3 Å². The van der Waals surface area contributed by atoms with E-state index in [4.69, 9.17) is 10.5 Å². The van der Waals surface area contributed by atoms with Crippen LogP contribution in [0.4, 0.5) is 10.7 Å². The molecule has 3 heterocycles. The number of benzene rings is 1. The monoisotopic (exact) mass is 491 g/mol. The molecule has 0 radical (unpaired) electrons. The van der Waals surface area contributed by atoms with Gasteiger partial charge in [0.05, 0.1) is 12.3 Å². The quantitative estimate of drug-likeness (QED) is 0.338. The van der Waals surface area contributed by atoms with E-state index in [-0.39, 0.29) is 12.5 Å². The average molecular weight is 492 g/mol. The number of hydrogen-bond acceptors (Lipinski definition) is 7. The van der Waals surface area contributed by atoms with Crippen LogP contribution in [-0.4, -0.2) is 23.5 Å². The third-order valence-corrected chi connectivity index (χ3v) is 8.74. The molecule has 6 nitrogen and oxygen atoms in total. The number of nitrogens with one attached hydrogen (secondary N) is 1. The highest BCUT2D eigenvalue weighted by molar-refractivity contribution is 7.21. The van der Waals surface area contributed by atoms with E-state index < -0.39 is 5.97 Å². The summed E-state index contributed by atoms with van der Waals surface area (Å²) in [7, 11) is 0. The number of carbonyl (C=O) groups is 2. The van der Waals surface area contributed by atoms with Gasteiger partial charge in [0.25, 0.3) is 5.91 Å². The minimum absolute atomic E-state index is 0.255. The summed E-state index contributed by atoms with van der Waals surface area (Å²) in [6, 6.07) is 8.08. The fourth-order valence-corrected chi connectivity index (χ4v) is 6.84. The zero-order chi connectivity index (χ0) is 24.1. The Hall–Kier alpha value is -3.23. The molecule has 0 aliphatic heterocycles. The Kier molecular flexibility index (Phi) is 5.65. The van der Waals surface area contributed by atoms with Crippen molar-refractivity contribution in [2.45, 2.75) is 40.5 Å². The topological polar surface area (TPSA) is 94.3 Å². The molecule has 0 bridgehead atoms. The van der Waals surface area contributed by atoms with Gasteiger partial charge in [-0.15, -0.1) is 22.7 Å². The van der Waals surface area contributed by atoms with Crippen LogP contribution in [-0.2, 0) is 17.6 Å². The van der Waals surface area contributed by atoms with Gasteiger partial charge in [-0.05, 0) is 62.8 Å². The predicted molar refractivity (Wildman–Crippen MR) is 139 cm³/mol. The van der Waals surface area contributed by atoms with E-state index >= 15 is 0 Å². The summed E-state index contributed by atoms with van der Waals surface area (Å²) in [5.74, 6) is -0.771. The van der Waals surface area contributed by atoms with E-state index in [2.05, 4.69) is 16.4 Å². The summed E-state index contributed by atoms with van der Waals surface area (Å²) >= 11 is 2.72. The molecule has 5 rings (SSSR count). The number of rotatable bonds is 4. The first-order valence-electron chi connectivity index (χ1n) is 11.2. The van der Waals surface area contributed by atoms with Gasteiger partial charge in [0.2, 0.25) is 0 Å². The molecule has 0 saturated carbocycles. The number of esters is 1. The molecule has 0 saturated heterocycles. The predicted octanol–water partition coefficient (Wildman–Crippen LogP) is 6.06. The SMILES string of the molecule is CCOC(=O)c1c(NC(=O)c2sc3nc(C)c(C)c(C)c3c2N)sc2c1-c1ccccc1CC2. The molecule has 4 aromatic rings. The van der Waals surface area contributed by atoms with Crippen molar-refractivity contribution in [1.82, 2.24) is 4.98 Å². The number of pyridine rings is 1. The van der Waals surface area contributed by atoms with Crippen LogP contribution in [0.2, 0.25) is 0 Å². The lowest BCUT2D eigenvalue weighted by Gasteiger charge is -2.17. The van der Waals surface area contributed by atoms with E-state index in [1.807, 2.05) is 39.0 Å². The molecule has 1 aliphatic carbocycles. The number of fused-ring (bicyclic) bond motifs is 4. The maximum Gasteiger partial charge on any atom is 0.341 e. The molecule has 8 heteroatoms. The van der Waals surface area contributed by atoms with Crippen molar-refractivity contribution in [3.63, 3.8) is 0 Å². The molecule has 0 fully saturated rings. The van der Waals surface area contributed by atoms with Gasteiger partial charge in [-0.1, -0.05) is 24.3 Å². The van der Waals surface area contributed by atoms with Crippen molar-refractivity contribution < 1.29 is 14.3 Å². The number of hydrogen-bond donors (Lipinski definition) is 2. The molecular weight excluding hydrogens is 466 g/mol. The molecule has 0 spiro atoms. The van der Waals surface area contributed by atoms with Crippen molar-refractivity contribution in [2.75, 3.05) is 17.7 Å². The molecule has 1 amide bonds. The second kappa shape index (κ2) is 8.52. The molecular formula is C26H25N3O3S2. The van der Waals surface area contributed by atoms with Gasteiger partial charge in [-0.2, -0.15) is 0 Å². The van der Waals surface area contributed by atoms with Gasteiger partial charge >= 0.3 is 5.97 Å². The number of aryl methyl sites for hydroxylation is 4. The Morgan fingerprint density at radius 1 is 1.12 bits per heavy atom. The smallest absolute Gasteiger partial charge is 0.341 e. The highest BCUT2D eigenvalue weighted by atomic mass is 32.1. The lowest BCUT2D eigenvalue weighted by molar-refractivity contribution is 0.0529. The molecule has 3 aromatic heterocycles. The Morgan fingerprint density at radius 2 is 1.88 bits per heavy atom. The van der Waals surface area contributed by atoms with Crippen molar-refractivity contribution in [1.29, 1.82) is 0 Å². The molecule has 34 heavy (non-hydrogen) atoms. The maximum absolute atomic E-state index is 13.4. The zero-order valence-electron chi connectivity index (χ0n) is 19.5. The minimum atomic E-state index is -0.430. The summed E-state index contributed by atoms with van der Waals surface area (Å²) in [6.45, 7) is 8.00. The van der Waals surface area contributed by atoms with Crippen molar-refractivity contribution in [3.8, 4) is 11.1 Å². The maximum atomic E-state index is 13.4. The van der Waals surface area contributed by atoms with Gasteiger partial charge < -0.3 is 15.8 Å². The summed E-state index contributed by atoms with van der Waals surface area (Å²) in [5, 5.41) is 4.31. The van der Waals surface area contributed by atoms with Crippen LogP contribution in [0.25, 0.3) is 21.3 Å². The average Bonchev–Trinajstić information content (AvgIpc) is 3.35. The van der Waals surface area contributed by atoms with E-state index in [0.29, 0.717) is 21.1 Å². The van der Waals surface area contributed by atoms with Gasteiger partial charge in [-0.25, -0.2) is 9.78 Å². The largest absolute Gasteiger partial charge is 0.462 e. The van der Waals surface area contributed by atoms with E-state index in [9.17, 15) is 9.59 Å². The van der Waals surface area contributed by atoms with Crippen LogP contribution < -0.4 is 11.1 Å². The first-order valence-corrected chi connectivity index (χ1v) is 12.8. The molecule has 0 unspecified atom stereocenters. The van der Waals surface area contributed by atoms with Crippen LogP contribution in [0.1, 0.15) is 54.2 Å². The summed E-state index contributed by atoms with van der Waals surface area (Å²) < 4.78 is 5.39. The molecule has 174 valence electrons. The van der Waals surface area contributed by atoms with Crippen molar-refractivity contribution in [3.05, 3.63) is 62.0 Å². The number of nitrogen functional groups attached to an aromatic ring is 1. The Bertz CT molecular complexity index is 1480. The second-order valence-corrected chi connectivity index (χ2v) is 10.5. The molecule has 0 atom stereocenters. The van der Waals surface area contributed by atoms with Crippen LogP contribution in [0, 0.1) is 20.8 Å². The standard InChI is InChI=1S/C26H25N3O3S2/c1-5-32-26(31)20-19-16-9-7-6-8-15(16)10-11-17(19)33-25(20)29-23(30)22-21(27)18-13(3)12(2)14(4)28-24(18)34-22/h6-9H,5,10-11,27H2,1-4H3,(H,29,30). The van der Waals surface area contributed by atoms with Crippen LogP contribution in [0.3, 0.4) is 0 Å². The fraction of sp³-hybridized carbons (Fsp3) is 0.269. The normalized spacial score (nSPS) is 12.4. The highest BCUT2D eigenvalue weighted by Gasteiger charge is 2.31. The minimum Gasteiger partial charge on any atom is -0.462 e. The number of carbonyl (C=O) groups excluding carboxylic acids is 2. The van der Waals surface area contributed by atoms with E-state index in [1.165, 1.54) is 28.2 Å². The highest BCUT2D eigenvalue weighted by Crippen LogP contribution is 2.46. The number of aromatic nitrogens is 1. The van der Waals surface area contributed by atoms with Crippen LogP contribution in [0.15, 0.2) is 24.3 Å². The first-order chi connectivity index (χ1) is 16.3. The summed E-state index contributed by atoms with van der Waals surface area (Å²) in [5.41, 5.74) is 13.4. The third kappa shape index (κ3) is 3.49. The number of ether oxygens (including phenoxy) is 1. The number of nitrogens with zero attached hydrogens (tertiary/aromatic N) is 1. The Morgan fingerprint density at radius 3 is 2.65 bits per heavy atom. The van der Waals surface area contributed by atoms with E-state index in [1.54, 1.807) is 6.92 Å².